The quantitative estimate of drug-likeness (QED) is 0.462. The molecule has 2 amide bonds. The molecule has 2 N–H and O–H groups in total. The normalized spacial score (nSPS) is 14.2. The summed E-state index contributed by atoms with van der Waals surface area (Å²) in [6.07, 6.45) is 2.76. The molecule has 0 saturated carbocycles. The van der Waals surface area contributed by atoms with Crippen molar-refractivity contribution in [3.05, 3.63) is 92.8 Å². The van der Waals surface area contributed by atoms with Gasteiger partial charge in [-0.2, -0.15) is 0 Å². The number of amides is 2. The number of rotatable bonds is 7. The van der Waals surface area contributed by atoms with Gasteiger partial charge < -0.3 is 19.8 Å². The molecular weight excluding hydrogens is 505 g/mol. The predicted molar refractivity (Wildman–Crippen MR) is 135 cm³/mol. The molecule has 2 aromatic carbocycles. The van der Waals surface area contributed by atoms with Crippen LogP contribution in [0.2, 0.25) is 10.0 Å². The Kier molecular flexibility index (Phi) is 7.76. The molecule has 0 bridgehead atoms. The number of nitrogens with one attached hydrogen (secondary N) is 1. The molecule has 2 heterocycles. The van der Waals surface area contributed by atoms with Crippen LogP contribution in [0.25, 0.3) is 5.57 Å². The Morgan fingerprint density at radius 1 is 1.14 bits per heavy atom. The van der Waals surface area contributed by atoms with E-state index in [1.165, 1.54) is 12.1 Å². The lowest BCUT2D eigenvalue weighted by Crippen LogP contribution is -2.42. The van der Waals surface area contributed by atoms with Gasteiger partial charge in [0.1, 0.15) is 11.8 Å². The number of benzene rings is 2. The summed E-state index contributed by atoms with van der Waals surface area (Å²) >= 11 is 12.1. The summed E-state index contributed by atoms with van der Waals surface area (Å²) < 4.78 is 4.99. The minimum atomic E-state index is -1.17. The van der Waals surface area contributed by atoms with E-state index >= 15 is 0 Å². The highest BCUT2D eigenvalue weighted by molar-refractivity contribution is 6.39. The summed E-state index contributed by atoms with van der Waals surface area (Å²) in [5, 5.41) is 16.2. The second kappa shape index (κ2) is 11.0. The molecule has 0 radical (unpaired) electrons. The van der Waals surface area contributed by atoms with Gasteiger partial charge in [0.15, 0.2) is 5.69 Å². The molecule has 186 valence electrons. The van der Waals surface area contributed by atoms with Crippen LogP contribution in [0.5, 0.6) is 0 Å². The predicted octanol–water partition coefficient (Wildman–Crippen LogP) is 4.65. The van der Waals surface area contributed by atoms with Crippen molar-refractivity contribution in [1.29, 1.82) is 0 Å². The lowest BCUT2D eigenvalue weighted by Gasteiger charge is -2.26. The van der Waals surface area contributed by atoms with Gasteiger partial charge in [-0.15, -0.1) is 0 Å². The van der Waals surface area contributed by atoms with Crippen LogP contribution in [0, 0.1) is 6.92 Å². The zero-order chi connectivity index (χ0) is 25.8. The first kappa shape index (κ1) is 25.5. The maximum atomic E-state index is 12.6. The largest absolute Gasteiger partial charge is 0.480 e. The van der Waals surface area contributed by atoms with Crippen LogP contribution in [0.3, 0.4) is 0 Å². The number of carbonyl (C=O) groups excluding carboxylic acids is 2. The van der Waals surface area contributed by atoms with Crippen LogP contribution in [-0.4, -0.2) is 52.1 Å². The van der Waals surface area contributed by atoms with Gasteiger partial charge in [-0.1, -0.05) is 64.8 Å². The maximum absolute atomic E-state index is 12.6. The van der Waals surface area contributed by atoms with Crippen molar-refractivity contribution in [2.24, 2.45) is 0 Å². The molecule has 10 heteroatoms. The van der Waals surface area contributed by atoms with Gasteiger partial charge in [-0.25, -0.2) is 4.79 Å². The van der Waals surface area contributed by atoms with Gasteiger partial charge >= 0.3 is 5.97 Å². The number of carboxylic acid groups (broad SMARTS) is 1. The summed E-state index contributed by atoms with van der Waals surface area (Å²) in [5.41, 5.74) is 3.16. The van der Waals surface area contributed by atoms with Crippen LogP contribution in [0.1, 0.15) is 44.2 Å². The first-order chi connectivity index (χ1) is 17.2. The Labute approximate surface area is 217 Å². The van der Waals surface area contributed by atoms with Gasteiger partial charge in [0.05, 0.1) is 15.6 Å². The Morgan fingerprint density at radius 2 is 1.83 bits per heavy atom. The van der Waals surface area contributed by atoms with Crippen molar-refractivity contribution >= 4 is 46.6 Å². The van der Waals surface area contributed by atoms with E-state index < -0.39 is 17.9 Å². The average molecular weight is 528 g/mol. The Morgan fingerprint density at radius 3 is 2.39 bits per heavy atom. The van der Waals surface area contributed by atoms with Gasteiger partial charge in [0, 0.05) is 25.6 Å². The van der Waals surface area contributed by atoms with Crippen molar-refractivity contribution in [3.8, 4) is 0 Å². The number of nitrogens with zero attached hydrogens (tertiary/aromatic N) is 2. The van der Waals surface area contributed by atoms with E-state index in [4.69, 9.17) is 27.7 Å². The Balaban J connectivity index is 1.40. The van der Waals surface area contributed by atoms with Crippen molar-refractivity contribution in [2.45, 2.75) is 25.8 Å². The molecule has 36 heavy (non-hydrogen) atoms. The van der Waals surface area contributed by atoms with Gasteiger partial charge in [-0.3, -0.25) is 9.59 Å². The second-order valence-corrected chi connectivity index (χ2v) is 9.23. The Bertz CT molecular complexity index is 1310. The highest BCUT2D eigenvalue weighted by atomic mass is 35.5. The zero-order valence-electron chi connectivity index (χ0n) is 19.3. The number of aliphatic carboxylic acids is 1. The van der Waals surface area contributed by atoms with E-state index in [0.29, 0.717) is 31.0 Å². The molecule has 0 spiro atoms. The van der Waals surface area contributed by atoms with E-state index in [1.807, 2.05) is 30.3 Å². The standard InChI is InChI=1S/C26H23Cl2N3O5/c1-15-13-21(30-36-15)25(33)31-11-9-18(10-12-31)17-7-5-16(6-8-17)14-22(26(34)35)29-24(32)23-19(27)3-2-4-20(23)28/h2-9,13,22H,10-12,14H2,1H3,(H,29,32)(H,34,35)/t22-/m0/s1. The smallest absolute Gasteiger partial charge is 0.326 e. The first-order valence-electron chi connectivity index (χ1n) is 11.2. The molecule has 1 aliphatic heterocycles. The fourth-order valence-electron chi connectivity index (χ4n) is 3.98. The topological polar surface area (TPSA) is 113 Å². The molecule has 0 unspecified atom stereocenters. The lowest BCUT2D eigenvalue weighted by atomic mass is 9.96. The minimum absolute atomic E-state index is 0.0397. The first-order valence-corrected chi connectivity index (χ1v) is 12.0. The number of halogens is 2. The van der Waals surface area contributed by atoms with E-state index in [2.05, 4.69) is 10.5 Å². The maximum Gasteiger partial charge on any atom is 0.326 e. The summed E-state index contributed by atoms with van der Waals surface area (Å²) in [6, 6.07) is 12.6. The van der Waals surface area contributed by atoms with Crippen molar-refractivity contribution in [1.82, 2.24) is 15.4 Å². The number of hydrogen-bond acceptors (Lipinski definition) is 5. The second-order valence-electron chi connectivity index (χ2n) is 8.42. The monoisotopic (exact) mass is 527 g/mol. The third-order valence-electron chi connectivity index (χ3n) is 5.90. The summed E-state index contributed by atoms with van der Waals surface area (Å²) in [5.74, 6) is -1.40. The van der Waals surface area contributed by atoms with Crippen LogP contribution in [-0.2, 0) is 11.2 Å². The van der Waals surface area contributed by atoms with Crippen LogP contribution in [0.4, 0.5) is 0 Å². The number of aromatic nitrogens is 1. The highest BCUT2D eigenvalue weighted by Gasteiger charge is 2.25. The average Bonchev–Trinajstić information content (AvgIpc) is 3.30. The number of aryl methyl sites for hydroxylation is 1. The van der Waals surface area contributed by atoms with Crippen LogP contribution < -0.4 is 5.32 Å². The SMILES string of the molecule is Cc1cc(C(=O)N2CC=C(c3ccc(C[C@H](NC(=O)c4c(Cl)cccc4Cl)C(=O)O)cc3)CC2)no1. The number of hydrogen-bond donors (Lipinski definition) is 2. The molecule has 8 nitrogen and oxygen atoms in total. The van der Waals surface area contributed by atoms with E-state index in [-0.39, 0.29) is 27.9 Å². The molecule has 3 aromatic rings. The molecule has 0 fully saturated rings. The number of carbonyl (C=O) groups is 3. The van der Waals surface area contributed by atoms with E-state index in [1.54, 1.807) is 24.0 Å². The van der Waals surface area contributed by atoms with E-state index in [9.17, 15) is 19.5 Å². The summed E-state index contributed by atoms with van der Waals surface area (Å²) in [7, 11) is 0. The zero-order valence-corrected chi connectivity index (χ0v) is 20.8. The highest BCUT2D eigenvalue weighted by Crippen LogP contribution is 2.25. The molecule has 0 aliphatic carbocycles. The minimum Gasteiger partial charge on any atom is -0.480 e. The fraction of sp³-hybridized carbons (Fsp3) is 0.231. The Hall–Kier alpha value is -3.62. The van der Waals surface area contributed by atoms with Crippen LogP contribution in [0.15, 0.2) is 59.1 Å². The molecule has 1 aliphatic rings. The third kappa shape index (κ3) is 5.78. The van der Waals surface area contributed by atoms with Gasteiger partial charge in [-0.05, 0) is 42.2 Å². The summed E-state index contributed by atoms with van der Waals surface area (Å²) in [4.78, 5) is 38.7. The lowest BCUT2D eigenvalue weighted by molar-refractivity contribution is -0.139. The molecule has 1 atom stereocenters. The van der Waals surface area contributed by atoms with Crippen molar-refractivity contribution < 1.29 is 24.0 Å². The molecule has 4 rings (SSSR count). The van der Waals surface area contributed by atoms with Crippen LogP contribution >= 0.6 is 23.2 Å². The summed E-state index contributed by atoms with van der Waals surface area (Å²) in [6.45, 7) is 2.75. The molecular formula is C26H23Cl2N3O5. The number of carboxylic acids is 1. The van der Waals surface area contributed by atoms with Crippen molar-refractivity contribution in [3.63, 3.8) is 0 Å². The third-order valence-corrected chi connectivity index (χ3v) is 6.53. The molecule has 1 aromatic heterocycles. The fourth-order valence-corrected chi connectivity index (χ4v) is 4.55. The van der Waals surface area contributed by atoms with Gasteiger partial charge in [0.2, 0.25) is 0 Å². The van der Waals surface area contributed by atoms with Crippen molar-refractivity contribution in [2.75, 3.05) is 13.1 Å². The van der Waals surface area contributed by atoms with Gasteiger partial charge in [0.25, 0.3) is 11.8 Å². The molecule has 0 saturated heterocycles. The van der Waals surface area contributed by atoms with E-state index in [0.717, 1.165) is 16.7 Å².